The van der Waals surface area contributed by atoms with Crippen molar-refractivity contribution in [2.24, 2.45) is 0 Å². The molecule has 3 aromatic rings. The fourth-order valence-corrected chi connectivity index (χ4v) is 3.85. The van der Waals surface area contributed by atoms with Crippen molar-refractivity contribution >= 4 is 16.8 Å². The van der Waals surface area contributed by atoms with Crippen LogP contribution in [0.2, 0.25) is 0 Å². The Morgan fingerprint density at radius 3 is 2.52 bits per heavy atom. The Morgan fingerprint density at radius 1 is 1.00 bits per heavy atom. The van der Waals surface area contributed by atoms with Gasteiger partial charge >= 0.3 is 0 Å². The van der Waals surface area contributed by atoms with E-state index in [1.54, 1.807) is 12.1 Å². The standard InChI is InChI=1S/C24H24N4O/c25-17-20-8-6-19(7-9-20)10-11-23(29)28-15-13-27(14-16-28)18-22-4-1-3-21-5-2-12-26-24(21)22/h1-9,12H,10-11,13-16,18H2. The number of hydrogen-bond acceptors (Lipinski definition) is 4. The maximum absolute atomic E-state index is 12.6. The Hall–Kier alpha value is -3.23. The second-order valence-electron chi connectivity index (χ2n) is 7.46. The molecular weight excluding hydrogens is 360 g/mol. The number of nitriles is 1. The third kappa shape index (κ3) is 4.61. The number of rotatable bonds is 5. The van der Waals surface area contributed by atoms with Gasteiger partial charge in [-0.25, -0.2) is 0 Å². The van der Waals surface area contributed by atoms with Gasteiger partial charge in [0, 0.05) is 50.7 Å². The van der Waals surface area contributed by atoms with E-state index in [9.17, 15) is 4.79 Å². The van der Waals surface area contributed by atoms with E-state index in [1.165, 1.54) is 10.9 Å². The molecule has 0 unspecified atom stereocenters. The van der Waals surface area contributed by atoms with Crippen molar-refractivity contribution < 1.29 is 4.79 Å². The van der Waals surface area contributed by atoms with Crippen LogP contribution in [-0.4, -0.2) is 46.9 Å². The van der Waals surface area contributed by atoms with Gasteiger partial charge in [-0.1, -0.05) is 36.4 Å². The number of pyridine rings is 1. The average molecular weight is 384 g/mol. The molecule has 2 heterocycles. The molecule has 1 aromatic heterocycles. The minimum absolute atomic E-state index is 0.209. The molecule has 2 aromatic carbocycles. The lowest BCUT2D eigenvalue weighted by molar-refractivity contribution is -0.133. The summed E-state index contributed by atoms with van der Waals surface area (Å²) in [5, 5.41) is 10.0. The summed E-state index contributed by atoms with van der Waals surface area (Å²) < 4.78 is 0. The SMILES string of the molecule is N#Cc1ccc(CCC(=O)N2CCN(Cc3cccc4cccnc34)CC2)cc1. The van der Waals surface area contributed by atoms with Crippen molar-refractivity contribution in [3.05, 3.63) is 77.5 Å². The highest BCUT2D eigenvalue weighted by Crippen LogP contribution is 2.18. The molecule has 1 saturated heterocycles. The number of para-hydroxylation sites is 1. The fourth-order valence-electron chi connectivity index (χ4n) is 3.85. The molecule has 1 amide bonds. The second kappa shape index (κ2) is 8.85. The first-order valence-electron chi connectivity index (χ1n) is 10.0. The van der Waals surface area contributed by atoms with Gasteiger partial charge in [-0.3, -0.25) is 14.7 Å². The van der Waals surface area contributed by atoms with Crippen LogP contribution in [0.4, 0.5) is 0 Å². The van der Waals surface area contributed by atoms with E-state index in [0.29, 0.717) is 18.4 Å². The summed E-state index contributed by atoms with van der Waals surface area (Å²) in [6.07, 6.45) is 3.07. The van der Waals surface area contributed by atoms with Gasteiger partial charge in [-0.15, -0.1) is 0 Å². The first-order chi connectivity index (χ1) is 14.2. The first kappa shape index (κ1) is 19.1. The monoisotopic (exact) mass is 384 g/mol. The summed E-state index contributed by atoms with van der Waals surface area (Å²) >= 11 is 0. The second-order valence-corrected chi connectivity index (χ2v) is 7.46. The first-order valence-corrected chi connectivity index (χ1v) is 10.0. The highest BCUT2D eigenvalue weighted by molar-refractivity contribution is 5.81. The molecule has 4 rings (SSSR count). The Bertz CT molecular complexity index is 1030. The number of fused-ring (bicyclic) bond motifs is 1. The van der Waals surface area contributed by atoms with E-state index in [2.05, 4.69) is 40.2 Å². The highest BCUT2D eigenvalue weighted by Gasteiger charge is 2.21. The van der Waals surface area contributed by atoms with E-state index < -0.39 is 0 Å². The van der Waals surface area contributed by atoms with Gasteiger partial charge in [-0.2, -0.15) is 5.26 Å². The molecule has 0 radical (unpaired) electrons. The number of aromatic nitrogens is 1. The van der Waals surface area contributed by atoms with Gasteiger partial charge < -0.3 is 4.90 Å². The van der Waals surface area contributed by atoms with Crippen LogP contribution in [-0.2, 0) is 17.8 Å². The minimum Gasteiger partial charge on any atom is -0.340 e. The van der Waals surface area contributed by atoms with Crippen molar-refractivity contribution in [1.29, 1.82) is 5.26 Å². The molecule has 29 heavy (non-hydrogen) atoms. The van der Waals surface area contributed by atoms with Gasteiger partial charge in [0.25, 0.3) is 0 Å². The largest absolute Gasteiger partial charge is 0.340 e. The molecule has 1 fully saturated rings. The van der Waals surface area contributed by atoms with E-state index in [0.717, 1.165) is 43.8 Å². The number of aryl methyl sites for hydroxylation is 1. The molecule has 0 spiro atoms. The molecule has 146 valence electrons. The third-order valence-electron chi connectivity index (χ3n) is 5.55. The lowest BCUT2D eigenvalue weighted by atomic mass is 10.1. The average Bonchev–Trinajstić information content (AvgIpc) is 2.78. The van der Waals surface area contributed by atoms with Crippen molar-refractivity contribution in [2.45, 2.75) is 19.4 Å². The minimum atomic E-state index is 0.209. The molecule has 1 aliphatic rings. The summed E-state index contributed by atoms with van der Waals surface area (Å²) in [5.41, 5.74) is 4.05. The van der Waals surface area contributed by atoms with E-state index in [-0.39, 0.29) is 5.91 Å². The molecule has 0 aliphatic carbocycles. The quantitative estimate of drug-likeness (QED) is 0.677. The normalized spacial score (nSPS) is 14.7. The highest BCUT2D eigenvalue weighted by atomic mass is 16.2. The van der Waals surface area contributed by atoms with Crippen LogP contribution in [0.1, 0.15) is 23.1 Å². The zero-order chi connectivity index (χ0) is 20.1. The van der Waals surface area contributed by atoms with Crippen LogP contribution in [0, 0.1) is 11.3 Å². The number of hydrogen-bond donors (Lipinski definition) is 0. The molecule has 5 nitrogen and oxygen atoms in total. The van der Waals surface area contributed by atoms with Gasteiger partial charge in [0.05, 0.1) is 17.1 Å². The Kier molecular flexibility index (Phi) is 5.83. The van der Waals surface area contributed by atoms with E-state index >= 15 is 0 Å². The zero-order valence-electron chi connectivity index (χ0n) is 16.4. The topological polar surface area (TPSA) is 60.2 Å². The van der Waals surface area contributed by atoms with Gasteiger partial charge in [0.1, 0.15) is 0 Å². The van der Waals surface area contributed by atoms with Crippen molar-refractivity contribution in [1.82, 2.24) is 14.8 Å². The van der Waals surface area contributed by atoms with E-state index in [1.807, 2.05) is 29.3 Å². The van der Waals surface area contributed by atoms with Crippen molar-refractivity contribution in [3.63, 3.8) is 0 Å². The number of carbonyl (C=O) groups excluding carboxylic acids is 1. The summed E-state index contributed by atoms with van der Waals surface area (Å²) in [5.74, 6) is 0.209. The zero-order valence-corrected chi connectivity index (χ0v) is 16.4. The van der Waals surface area contributed by atoms with Crippen LogP contribution < -0.4 is 0 Å². The molecule has 5 heteroatoms. The van der Waals surface area contributed by atoms with Crippen LogP contribution >= 0.6 is 0 Å². The molecule has 0 bridgehead atoms. The van der Waals surface area contributed by atoms with Gasteiger partial charge in [-0.05, 0) is 35.7 Å². The molecule has 0 saturated carbocycles. The Morgan fingerprint density at radius 2 is 1.76 bits per heavy atom. The maximum atomic E-state index is 12.6. The van der Waals surface area contributed by atoms with Gasteiger partial charge in [0.15, 0.2) is 0 Å². The van der Waals surface area contributed by atoms with Gasteiger partial charge in [0.2, 0.25) is 5.91 Å². The Balaban J connectivity index is 1.28. The number of benzene rings is 2. The van der Waals surface area contributed by atoms with Crippen molar-refractivity contribution in [2.75, 3.05) is 26.2 Å². The molecule has 0 N–H and O–H groups in total. The predicted octanol–water partition coefficient (Wildman–Crippen LogP) is 3.38. The smallest absolute Gasteiger partial charge is 0.222 e. The summed E-state index contributed by atoms with van der Waals surface area (Å²) in [7, 11) is 0. The number of nitrogens with zero attached hydrogens (tertiary/aromatic N) is 4. The molecular formula is C24H24N4O. The lowest BCUT2D eigenvalue weighted by Crippen LogP contribution is -2.48. The van der Waals surface area contributed by atoms with E-state index in [4.69, 9.17) is 5.26 Å². The van der Waals surface area contributed by atoms with Crippen LogP contribution in [0.15, 0.2) is 60.8 Å². The van der Waals surface area contributed by atoms with Crippen LogP contribution in [0.25, 0.3) is 10.9 Å². The summed E-state index contributed by atoms with van der Waals surface area (Å²) in [4.78, 5) is 21.5. The lowest BCUT2D eigenvalue weighted by Gasteiger charge is -2.35. The van der Waals surface area contributed by atoms with Crippen LogP contribution in [0.3, 0.4) is 0 Å². The Labute approximate surface area is 171 Å². The van der Waals surface area contributed by atoms with Crippen molar-refractivity contribution in [3.8, 4) is 6.07 Å². The predicted molar refractivity (Wildman–Crippen MR) is 113 cm³/mol. The fraction of sp³-hybridized carbons (Fsp3) is 0.292. The van der Waals surface area contributed by atoms with Crippen LogP contribution in [0.5, 0.6) is 0 Å². The number of piperazine rings is 1. The molecule has 0 atom stereocenters. The maximum Gasteiger partial charge on any atom is 0.222 e. The molecule has 1 aliphatic heterocycles. The summed E-state index contributed by atoms with van der Waals surface area (Å²) in [6, 6.07) is 20.0. The third-order valence-corrected chi connectivity index (χ3v) is 5.55. The number of carbonyl (C=O) groups is 1. The number of amides is 1. The summed E-state index contributed by atoms with van der Waals surface area (Å²) in [6.45, 7) is 4.16.